The van der Waals surface area contributed by atoms with Crippen molar-refractivity contribution in [3.8, 4) is 0 Å². The van der Waals surface area contributed by atoms with Gasteiger partial charge in [0, 0.05) is 5.02 Å². The molecule has 0 aromatic heterocycles. The Kier molecular flexibility index (Phi) is 2.89. The Hall–Kier alpha value is -1.65. The van der Waals surface area contributed by atoms with Crippen molar-refractivity contribution in [1.29, 1.82) is 0 Å². The molecule has 90 valence electrons. The molecule has 3 nitrogen and oxygen atoms in total. The highest BCUT2D eigenvalue weighted by Gasteiger charge is 2.24. The number of carbonyl (C=O) groups is 1. The van der Waals surface area contributed by atoms with Gasteiger partial charge in [0.25, 0.3) is 0 Å². The van der Waals surface area contributed by atoms with Crippen molar-refractivity contribution < 1.29 is 4.79 Å². The van der Waals surface area contributed by atoms with Crippen LogP contribution in [0, 0.1) is 0 Å². The Morgan fingerprint density at radius 3 is 2.56 bits per heavy atom. The molecule has 2 aromatic carbocycles. The van der Waals surface area contributed by atoms with E-state index in [1.54, 1.807) is 16.4 Å². The van der Waals surface area contributed by atoms with E-state index in [-0.39, 0.29) is 6.03 Å². The molecular weight excluding hydrogens is 268 g/mol. The van der Waals surface area contributed by atoms with Crippen LogP contribution in [-0.4, -0.2) is 6.03 Å². The molecule has 0 fully saturated rings. The number of nitrogens with one attached hydrogen (secondary N) is 1. The van der Waals surface area contributed by atoms with Crippen LogP contribution < -0.4 is 9.62 Å². The lowest BCUT2D eigenvalue weighted by molar-refractivity contribution is 0.260. The van der Waals surface area contributed by atoms with Crippen molar-refractivity contribution in [3.05, 3.63) is 53.6 Å². The fourth-order valence-corrected chi connectivity index (χ4v) is 2.74. The monoisotopic (exact) mass is 276 g/mol. The summed E-state index contributed by atoms with van der Waals surface area (Å²) in [6, 6.07) is 14.7. The molecule has 0 radical (unpaired) electrons. The van der Waals surface area contributed by atoms with E-state index in [0.717, 1.165) is 16.3 Å². The molecule has 1 aliphatic heterocycles. The van der Waals surface area contributed by atoms with Gasteiger partial charge in [0.15, 0.2) is 0 Å². The third-order valence-electron chi connectivity index (χ3n) is 2.56. The minimum Gasteiger partial charge on any atom is -0.306 e. The van der Waals surface area contributed by atoms with E-state index in [1.165, 1.54) is 11.9 Å². The minimum absolute atomic E-state index is 0.152. The zero-order valence-electron chi connectivity index (χ0n) is 9.26. The zero-order chi connectivity index (χ0) is 12.5. The van der Waals surface area contributed by atoms with E-state index >= 15 is 0 Å². The van der Waals surface area contributed by atoms with Crippen LogP contribution in [0.15, 0.2) is 53.4 Å². The first-order valence-electron chi connectivity index (χ1n) is 5.38. The summed E-state index contributed by atoms with van der Waals surface area (Å²) < 4.78 is 1.61. The van der Waals surface area contributed by atoms with E-state index in [9.17, 15) is 4.79 Å². The Bertz CT molecular complexity index is 600. The fraction of sp³-hybridized carbons (Fsp3) is 0. The van der Waals surface area contributed by atoms with Crippen LogP contribution in [-0.2, 0) is 0 Å². The van der Waals surface area contributed by atoms with Gasteiger partial charge in [0.2, 0.25) is 0 Å². The fourth-order valence-electron chi connectivity index (χ4n) is 1.70. The third kappa shape index (κ3) is 2.05. The summed E-state index contributed by atoms with van der Waals surface area (Å²) in [6.07, 6.45) is 0. The van der Waals surface area contributed by atoms with Crippen LogP contribution in [0.3, 0.4) is 0 Å². The van der Waals surface area contributed by atoms with Crippen molar-refractivity contribution in [2.75, 3.05) is 9.62 Å². The molecule has 0 unspecified atom stereocenters. The van der Waals surface area contributed by atoms with Crippen LogP contribution in [0.5, 0.6) is 0 Å². The maximum absolute atomic E-state index is 12.0. The van der Waals surface area contributed by atoms with Gasteiger partial charge in [-0.15, -0.1) is 0 Å². The number of rotatable bonds is 1. The van der Waals surface area contributed by atoms with Crippen LogP contribution >= 0.6 is 23.5 Å². The summed E-state index contributed by atoms with van der Waals surface area (Å²) in [5.74, 6) is 0. The Morgan fingerprint density at radius 2 is 1.78 bits per heavy atom. The van der Waals surface area contributed by atoms with Gasteiger partial charge < -0.3 is 5.32 Å². The molecule has 5 heteroatoms. The van der Waals surface area contributed by atoms with Gasteiger partial charge in [-0.1, -0.05) is 23.7 Å². The number of hydrogen-bond donors (Lipinski definition) is 1. The average Bonchev–Trinajstić information content (AvgIpc) is 2.39. The third-order valence-corrected chi connectivity index (χ3v) is 3.93. The topological polar surface area (TPSA) is 32.3 Å². The van der Waals surface area contributed by atoms with Gasteiger partial charge in [0.1, 0.15) is 0 Å². The molecule has 18 heavy (non-hydrogen) atoms. The molecule has 0 saturated carbocycles. The predicted octanol–water partition coefficient (Wildman–Crippen LogP) is 4.40. The summed E-state index contributed by atoms with van der Waals surface area (Å²) in [5, 5.41) is 3.51. The maximum atomic E-state index is 12.0. The summed E-state index contributed by atoms with van der Waals surface area (Å²) in [4.78, 5) is 13.0. The number of halogens is 1. The number of carbonyl (C=O) groups excluding carboxylic acids is 1. The normalized spacial score (nSPS) is 14.1. The highest BCUT2D eigenvalue weighted by molar-refractivity contribution is 8.01. The van der Waals surface area contributed by atoms with Crippen molar-refractivity contribution in [1.82, 2.24) is 0 Å². The number of benzene rings is 2. The first-order chi connectivity index (χ1) is 8.74. The highest BCUT2D eigenvalue weighted by Crippen LogP contribution is 2.38. The summed E-state index contributed by atoms with van der Waals surface area (Å²) in [5.41, 5.74) is 1.65. The first-order valence-corrected chi connectivity index (χ1v) is 6.53. The number of amides is 2. The van der Waals surface area contributed by atoms with Gasteiger partial charge in [0.05, 0.1) is 16.3 Å². The average molecular weight is 277 g/mol. The molecule has 0 bridgehead atoms. The van der Waals surface area contributed by atoms with Crippen LogP contribution in [0.2, 0.25) is 5.02 Å². The quantitative estimate of drug-likeness (QED) is 0.783. The molecule has 1 aliphatic rings. The summed E-state index contributed by atoms with van der Waals surface area (Å²) in [7, 11) is 0. The van der Waals surface area contributed by atoms with Crippen LogP contribution in [0.1, 0.15) is 0 Å². The van der Waals surface area contributed by atoms with Crippen LogP contribution in [0.25, 0.3) is 0 Å². The van der Waals surface area contributed by atoms with Crippen molar-refractivity contribution in [2.45, 2.75) is 4.90 Å². The Morgan fingerprint density at radius 1 is 1.06 bits per heavy atom. The number of urea groups is 1. The molecule has 0 atom stereocenters. The van der Waals surface area contributed by atoms with Crippen molar-refractivity contribution >= 4 is 41.0 Å². The van der Waals surface area contributed by atoms with E-state index in [1.807, 2.05) is 36.4 Å². The second kappa shape index (κ2) is 4.55. The number of nitrogens with zero attached hydrogens (tertiary/aromatic N) is 1. The number of anilines is 2. The lowest BCUT2D eigenvalue weighted by Crippen LogP contribution is -2.32. The predicted molar refractivity (Wildman–Crippen MR) is 75.2 cm³/mol. The highest BCUT2D eigenvalue weighted by atomic mass is 35.5. The van der Waals surface area contributed by atoms with Gasteiger partial charge in [-0.2, -0.15) is 0 Å². The van der Waals surface area contributed by atoms with E-state index in [0.29, 0.717) is 5.02 Å². The molecule has 1 heterocycles. The molecule has 0 spiro atoms. The van der Waals surface area contributed by atoms with E-state index < -0.39 is 0 Å². The number of fused-ring (bicyclic) bond motifs is 1. The minimum atomic E-state index is -0.152. The second-order valence-electron chi connectivity index (χ2n) is 3.79. The van der Waals surface area contributed by atoms with E-state index in [2.05, 4.69) is 5.32 Å². The van der Waals surface area contributed by atoms with Gasteiger partial charge >= 0.3 is 6.03 Å². The largest absolute Gasteiger partial charge is 0.336 e. The Balaban J connectivity index is 1.95. The first kappa shape index (κ1) is 11.4. The smallest absolute Gasteiger partial charge is 0.306 e. The molecule has 0 aliphatic carbocycles. The number of para-hydroxylation sites is 1. The standard InChI is InChI=1S/C13H9ClN2OS/c14-9-5-7-10(8-6-9)16-13(17)15-11-3-1-2-4-12(11)18-16/h1-8H,(H,15,17). The lowest BCUT2D eigenvalue weighted by atomic mass is 10.3. The van der Waals surface area contributed by atoms with Crippen molar-refractivity contribution in [3.63, 3.8) is 0 Å². The second-order valence-corrected chi connectivity index (χ2v) is 5.21. The molecular formula is C13H9ClN2OS. The van der Waals surface area contributed by atoms with Gasteiger partial charge in [-0.3, -0.25) is 0 Å². The SMILES string of the molecule is O=C1Nc2ccccc2SN1c1ccc(Cl)cc1. The molecule has 0 saturated heterocycles. The van der Waals surface area contributed by atoms with Crippen molar-refractivity contribution in [2.24, 2.45) is 0 Å². The summed E-state index contributed by atoms with van der Waals surface area (Å²) in [6.45, 7) is 0. The molecule has 2 amide bonds. The van der Waals surface area contributed by atoms with Crippen LogP contribution in [0.4, 0.5) is 16.2 Å². The Labute approximate surface area is 114 Å². The molecule has 2 aromatic rings. The maximum Gasteiger partial charge on any atom is 0.336 e. The summed E-state index contributed by atoms with van der Waals surface area (Å²) >= 11 is 7.24. The lowest BCUT2D eigenvalue weighted by Gasteiger charge is -2.27. The number of hydrogen-bond acceptors (Lipinski definition) is 2. The molecule has 1 N–H and O–H groups in total. The van der Waals surface area contributed by atoms with Gasteiger partial charge in [-0.05, 0) is 48.3 Å². The zero-order valence-corrected chi connectivity index (χ0v) is 10.8. The van der Waals surface area contributed by atoms with E-state index in [4.69, 9.17) is 11.6 Å². The molecule has 3 rings (SSSR count). The van der Waals surface area contributed by atoms with Gasteiger partial charge in [-0.25, -0.2) is 9.10 Å².